The Morgan fingerprint density at radius 2 is 1.94 bits per heavy atom. The number of allylic oxidation sites excluding steroid dienone is 1. The number of rotatable bonds is 4. The van der Waals surface area contributed by atoms with Crippen molar-refractivity contribution >= 4 is 5.97 Å². The average Bonchev–Trinajstić information content (AvgIpc) is 2.27. The highest BCUT2D eigenvalue weighted by Gasteiger charge is 2.32. The number of hydrogen-bond acceptors (Lipinski definition) is 3. The molecule has 1 aliphatic carbocycles. The SMILES string of the molecule is CC(C)=CC(=O)OCC1(CO)CCCCC1. The first kappa shape index (κ1) is 13.2. The minimum atomic E-state index is -0.293. The third-order valence-electron chi connectivity index (χ3n) is 3.18. The lowest BCUT2D eigenvalue weighted by Crippen LogP contribution is -2.34. The van der Waals surface area contributed by atoms with Gasteiger partial charge in [-0.3, -0.25) is 0 Å². The van der Waals surface area contributed by atoms with Crippen molar-refractivity contribution in [2.45, 2.75) is 46.0 Å². The van der Waals surface area contributed by atoms with E-state index >= 15 is 0 Å². The second kappa shape index (κ2) is 6.04. The Bertz CT molecular complexity index is 258. The summed E-state index contributed by atoms with van der Waals surface area (Å²) in [4.78, 5) is 11.4. The number of carbonyl (C=O) groups excluding carboxylic acids is 1. The lowest BCUT2D eigenvalue weighted by atomic mass is 9.75. The number of carbonyl (C=O) groups is 1. The fourth-order valence-electron chi connectivity index (χ4n) is 2.15. The van der Waals surface area contributed by atoms with E-state index in [1.165, 1.54) is 12.5 Å². The summed E-state index contributed by atoms with van der Waals surface area (Å²) in [5, 5.41) is 9.43. The van der Waals surface area contributed by atoms with Crippen molar-refractivity contribution in [2.75, 3.05) is 13.2 Å². The van der Waals surface area contributed by atoms with Crippen molar-refractivity contribution in [2.24, 2.45) is 5.41 Å². The van der Waals surface area contributed by atoms with Crippen LogP contribution in [0.15, 0.2) is 11.6 Å². The lowest BCUT2D eigenvalue weighted by molar-refractivity contribution is -0.143. The predicted molar refractivity (Wildman–Crippen MR) is 63.0 cm³/mol. The summed E-state index contributed by atoms with van der Waals surface area (Å²) in [6, 6.07) is 0. The zero-order chi connectivity index (χ0) is 12.0. The van der Waals surface area contributed by atoms with E-state index < -0.39 is 0 Å². The van der Waals surface area contributed by atoms with E-state index in [2.05, 4.69) is 0 Å². The molecule has 92 valence electrons. The van der Waals surface area contributed by atoms with Crippen LogP contribution < -0.4 is 0 Å². The molecular weight excluding hydrogens is 204 g/mol. The molecule has 1 aliphatic rings. The molecule has 0 unspecified atom stereocenters. The van der Waals surface area contributed by atoms with Crippen LogP contribution in [0.5, 0.6) is 0 Å². The van der Waals surface area contributed by atoms with Gasteiger partial charge in [0.1, 0.15) is 0 Å². The van der Waals surface area contributed by atoms with E-state index in [-0.39, 0.29) is 18.0 Å². The van der Waals surface area contributed by atoms with Crippen LogP contribution in [0.25, 0.3) is 0 Å². The summed E-state index contributed by atoms with van der Waals surface area (Å²) in [7, 11) is 0. The maximum atomic E-state index is 11.4. The van der Waals surface area contributed by atoms with E-state index in [9.17, 15) is 9.90 Å². The Labute approximate surface area is 97.5 Å². The van der Waals surface area contributed by atoms with Gasteiger partial charge >= 0.3 is 5.97 Å². The zero-order valence-electron chi connectivity index (χ0n) is 10.3. The van der Waals surface area contributed by atoms with Crippen molar-refractivity contribution in [3.8, 4) is 0 Å². The molecule has 0 atom stereocenters. The van der Waals surface area contributed by atoms with Crippen LogP contribution in [0.2, 0.25) is 0 Å². The van der Waals surface area contributed by atoms with Crippen molar-refractivity contribution in [1.82, 2.24) is 0 Å². The summed E-state index contributed by atoms with van der Waals surface area (Å²) in [5.41, 5.74) is 0.760. The smallest absolute Gasteiger partial charge is 0.330 e. The van der Waals surface area contributed by atoms with Gasteiger partial charge in [0.2, 0.25) is 0 Å². The van der Waals surface area contributed by atoms with Crippen LogP contribution in [0.4, 0.5) is 0 Å². The van der Waals surface area contributed by atoms with Gasteiger partial charge in [-0.1, -0.05) is 24.8 Å². The Morgan fingerprint density at radius 1 is 1.31 bits per heavy atom. The Morgan fingerprint density at radius 3 is 2.44 bits per heavy atom. The van der Waals surface area contributed by atoms with Gasteiger partial charge in [0.15, 0.2) is 0 Å². The highest BCUT2D eigenvalue weighted by Crippen LogP contribution is 2.36. The molecule has 1 fully saturated rings. The molecule has 3 heteroatoms. The number of aliphatic hydroxyl groups excluding tert-OH is 1. The molecule has 1 rings (SSSR count). The minimum Gasteiger partial charge on any atom is -0.462 e. The molecular formula is C13H22O3. The van der Waals surface area contributed by atoms with E-state index in [1.54, 1.807) is 0 Å². The third kappa shape index (κ3) is 3.97. The molecule has 1 saturated carbocycles. The first-order valence-corrected chi connectivity index (χ1v) is 6.00. The average molecular weight is 226 g/mol. The Balaban J connectivity index is 2.44. The molecule has 0 aromatic carbocycles. The first-order chi connectivity index (χ1) is 7.58. The molecule has 0 heterocycles. The van der Waals surface area contributed by atoms with Crippen LogP contribution in [0, 0.1) is 5.41 Å². The summed E-state index contributed by atoms with van der Waals surface area (Å²) < 4.78 is 5.21. The number of ether oxygens (including phenoxy) is 1. The van der Waals surface area contributed by atoms with Crippen molar-refractivity contribution < 1.29 is 14.6 Å². The Hall–Kier alpha value is -0.830. The van der Waals surface area contributed by atoms with E-state index in [1.807, 2.05) is 13.8 Å². The fourth-order valence-corrected chi connectivity index (χ4v) is 2.15. The molecule has 0 amide bonds. The number of aliphatic hydroxyl groups is 1. The number of esters is 1. The van der Waals surface area contributed by atoms with Crippen LogP contribution >= 0.6 is 0 Å². The van der Waals surface area contributed by atoms with Crippen molar-refractivity contribution in [3.05, 3.63) is 11.6 Å². The van der Waals surface area contributed by atoms with Gasteiger partial charge in [-0.05, 0) is 26.7 Å². The lowest BCUT2D eigenvalue weighted by Gasteiger charge is -2.34. The van der Waals surface area contributed by atoms with Crippen molar-refractivity contribution in [1.29, 1.82) is 0 Å². The van der Waals surface area contributed by atoms with Gasteiger partial charge in [0, 0.05) is 11.5 Å². The molecule has 0 aromatic rings. The zero-order valence-corrected chi connectivity index (χ0v) is 10.3. The van der Waals surface area contributed by atoms with Gasteiger partial charge < -0.3 is 9.84 Å². The van der Waals surface area contributed by atoms with Crippen molar-refractivity contribution in [3.63, 3.8) is 0 Å². The molecule has 0 radical (unpaired) electrons. The van der Waals surface area contributed by atoms with Gasteiger partial charge in [0.05, 0.1) is 13.2 Å². The molecule has 0 aliphatic heterocycles. The molecule has 3 nitrogen and oxygen atoms in total. The van der Waals surface area contributed by atoms with Gasteiger partial charge in [0.25, 0.3) is 0 Å². The summed E-state index contributed by atoms with van der Waals surface area (Å²) in [6.45, 7) is 4.20. The highest BCUT2D eigenvalue weighted by atomic mass is 16.5. The Kier molecular flexibility index (Phi) is 5.00. The van der Waals surface area contributed by atoms with Crippen LogP contribution in [0.1, 0.15) is 46.0 Å². The molecule has 0 spiro atoms. The molecule has 0 aromatic heterocycles. The summed E-state index contributed by atoms with van der Waals surface area (Å²) in [5.74, 6) is -0.293. The first-order valence-electron chi connectivity index (χ1n) is 6.00. The van der Waals surface area contributed by atoms with Gasteiger partial charge in [-0.25, -0.2) is 4.79 Å². The molecule has 16 heavy (non-hydrogen) atoms. The van der Waals surface area contributed by atoms with E-state index in [0.717, 1.165) is 31.3 Å². The maximum absolute atomic E-state index is 11.4. The fraction of sp³-hybridized carbons (Fsp3) is 0.769. The topological polar surface area (TPSA) is 46.5 Å². The van der Waals surface area contributed by atoms with E-state index in [0.29, 0.717) is 6.61 Å². The normalized spacial score (nSPS) is 18.9. The van der Waals surface area contributed by atoms with Crippen LogP contribution in [-0.4, -0.2) is 24.3 Å². The standard InChI is InChI=1S/C13H22O3/c1-11(2)8-12(15)16-10-13(9-14)6-4-3-5-7-13/h8,14H,3-7,9-10H2,1-2H3. The minimum absolute atomic E-state index is 0.120. The quantitative estimate of drug-likeness (QED) is 0.591. The largest absolute Gasteiger partial charge is 0.462 e. The van der Waals surface area contributed by atoms with E-state index in [4.69, 9.17) is 4.74 Å². The second-order valence-electron chi connectivity index (χ2n) is 5.05. The second-order valence-corrected chi connectivity index (χ2v) is 5.05. The van der Waals surface area contributed by atoms with Gasteiger partial charge in [-0.2, -0.15) is 0 Å². The molecule has 1 N–H and O–H groups in total. The highest BCUT2D eigenvalue weighted by molar-refractivity contribution is 5.82. The predicted octanol–water partition coefficient (Wildman–Crippen LogP) is 2.44. The monoisotopic (exact) mass is 226 g/mol. The number of hydrogen-bond donors (Lipinski definition) is 1. The molecule has 0 bridgehead atoms. The summed E-state index contributed by atoms with van der Waals surface area (Å²) in [6.07, 6.45) is 6.90. The van der Waals surface area contributed by atoms with Crippen LogP contribution in [0.3, 0.4) is 0 Å². The third-order valence-corrected chi connectivity index (χ3v) is 3.18. The summed E-state index contributed by atoms with van der Waals surface area (Å²) >= 11 is 0. The van der Waals surface area contributed by atoms with Crippen LogP contribution in [-0.2, 0) is 9.53 Å². The molecule has 0 saturated heterocycles. The van der Waals surface area contributed by atoms with Gasteiger partial charge in [-0.15, -0.1) is 0 Å². The maximum Gasteiger partial charge on any atom is 0.330 e.